The van der Waals surface area contributed by atoms with Crippen molar-refractivity contribution in [1.82, 2.24) is 10.0 Å². The van der Waals surface area contributed by atoms with Gasteiger partial charge in [-0.25, -0.2) is 13.1 Å². The second-order valence-corrected chi connectivity index (χ2v) is 7.13. The van der Waals surface area contributed by atoms with Crippen molar-refractivity contribution >= 4 is 10.0 Å². The summed E-state index contributed by atoms with van der Waals surface area (Å²) in [6, 6.07) is 8.48. The zero-order valence-corrected chi connectivity index (χ0v) is 12.7. The second kappa shape index (κ2) is 6.56. The van der Waals surface area contributed by atoms with E-state index in [9.17, 15) is 8.42 Å². The summed E-state index contributed by atoms with van der Waals surface area (Å²) in [7, 11) is 0.0230. The van der Waals surface area contributed by atoms with Crippen molar-refractivity contribution in [3.63, 3.8) is 0 Å². The SMILES string of the molecule is CNS(=O)(=O)CCNC1CC(c2ccccc2OC)C1. The Morgan fingerprint density at radius 3 is 2.65 bits per heavy atom. The molecule has 1 saturated carbocycles. The highest BCUT2D eigenvalue weighted by molar-refractivity contribution is 7.89. The third kappa shape index (κ3) is 3.71. The second-order valence-electron chi connectivity index (χ2n) is 5.08. The molecule has 0 saturated heterocycles. The first-order valence-electron chi connectivity index (χ1n) is 6.83. The number of benzene rings is 1. The number of nitrogens with one attached hydrogen (secondary N) is 2. The van der Waals surface area contributed by atoms with Crippen molar-refractivity contribution < 1.29 is 13.2 Å². The van der Waals surface area contributed by atoms with E-state index in [1.165, 1.54) is 12.6 Å². The number of ether oxygens (including phenoxy) is 1. The predicted octanol–water partition coefficient (Wildman–Crippen LogP) is 1.08. The van der Waals surface area contributed by atoms with Gasteiger partial charge in [-0.2, -0.15) is 0 Å². The van der Waals surface area contributed by atoms with Gasteiger partial charge in [0.05, 0.1) is 12.9 Å². The minimum atomic E-state index is -3.11. The number of hydrogen-bond acceptors (Lipinski definition) is 4. The molecule has 20 heavy (non-hydrogen) atoms. The average Bonchev–Trinajstić information content (AvgIpc) is 2.41. The monoisotopic (exact) mass is 298 g/mol. The lowest BCUT2D eigenvalue weighted by Crippen LogP contribution is -2.42. The molecule has 0 aromatic heterocycles. The minimum Gasteiger partial charge on any atom is -0.496 e. The Labute approximate surface area is 120 Å². The molecule has 0 spiro atoms. The number of methoxy groups -OCH3 is 1. The van der Waals surface area contributed by atoms with E-state index in [1.807, 2.05) is 18.2 Å². The van der Waals surface area contributed by atoms with Crippen LogP contribution in [0.2, 0.25) is 0 Å². The van der Waals surface area contributed by atoms with Crippen LogP contribution in [0.3, 0.4) is 0 Å². The maximum atomic E-state index is 11.3. The molecule has 1 aromatic rings. The van der Waals surface area contributed by atoms with Gasteiger partial charge in [0.1, 0.15) is 5.75 Å². The van der Waals surface area contributed by atoms with Crippen molar-refractivity contribution in [2.75, 3.05) is 26.5 Å². The molecule has 1 aromatic carbocycles. The number of hydrogen-bond donors (Lipinski definition) is 2. The van der Waals surface area contributed by atoms with Crippen molar-refractivity contribution in [3.05, 3.63) is 29.8 Å². The van der Waals surface area contributed by atoms with Gasteiger partial charge in [0.15, 0.2) is 0 Å². The maximum absolute atomic E-state index is 11.3. The van der Waals surface area contributed by atoms with E-state index in [4.69, 9.17) is 4.74 Å². The topological polar surface area (TPSA) is 67.4 Å². The minimum absolute atomic E-state index is 0.124. The molecule has 0 radical (unpaired) electrons. The highest BCUT2D eigenvalue weighted by atomic mass is 32.2. The summed E-state index contributed by atoms with van der Waals surface area (Å²) in [5, 5.41) is 3.29. The third-order valence-electron chi connectivity index (χ3n) is 3.83. The van der Waals surface area contributed by atoms with E-state index in [1.54, 1.807) is 7.11 Å². The molecule has 0 heterocycles. The van der Waals surface area contributed by atoms with E-state index in [0.717, 1.165) is 18.6 Å². The maximum Gasteiger partial charge on any atom is 0.212 e. The van der Waals surface area contributed by atoms with Crippen LogP contribution in [0.15, 0.2) is 24.3 Å². The molecule has 2 N–H and O–H groups in total. The molecule has 0 bridgehead atoms. The Kier molecular flexibility index (Phi) is 5.01. The normalized spacial score (nSPS) is 22.3. The summed E-state index contributed by atoms with van der Waals surface area (Å²) in [6.07, 6.45) is 2.06. The molecule has 6 heteroatoms. The molecule has 0 aliphatic heterocycles. The predicted molar refractivity (Wildman–Crippen MR) is 79.6 cm³/mol. The first-order chi connectivity index (χ1) is 9.55. The van der Waals surface area contributed by atoms with Gasteiger partial charge in [-0.15, -0.1) is 0 Å². The first kappa shape index (κ1) is 15.3. The smallest absolute Gasteiger partial charge is 0.212 e. The van der Waals surface area contributed by atoms with E-state index < -0.39 is 10.0 Å². The zero-order valence-electron chi connectivity index (χ0n) is 11.9. The molecule has 1 aliphatic rings. The molecular weight excluding hydrogens is 276 g/mol. The van der Waals surface area contributed by atoms with Gasteiger partial charge in [-0.05, 0) is 37.4 Å². The number of para-hydroxylation sites is 1. The van der Waals surface area contributed by atoms with Gasteiger partial charge in [0, 0.05) is 12.6 Å². The van der Waals surface area contributed by atoms with Crippen LogP contribution in [0, 0.1) is 0 Å². The molecule has 0 amide bonds. The first-order valence-corrected chi connectivity index (χ1v) is 8.48. The van der Waals surface area contributed by atoms with Crippen LogP contribution >= 0.6 is 0 Å². The average molecular weight is 298 g/mol. The molecular formula is C14H22N2O3S. The van der Waals surface area contributed by atoms with Crippen LogP contribution in [0.25, 0.3) is 0 Å². The van der Waals surface area contributed by atoms with Crippen LogP contribution in [0.4, 0.5) is 0 Å². The molecule has 112 valence electrons. The fourth-order valence-corrected chi connectivity index (χ4v) is 3.13. The van der Waals surface area contributed by atoms with Gasteiger partial charge in [-0.3, -0.25) is 0 Å². The van der Waals surface area contributed by atoms with Crippen LogP contribution in [0.1, 0.15) is 24.3 Å². The Morgan fingerprint density at radius 2 is 2.00 bits per heavy atom. The van der Waals surface area contributed by atoms with E-state index in [2.05, 4.69) is 16.1 Å². The lowest BCUT2D eigenvalue weighted by Gasteiger charge is -2.37. The summed E-state index contributed by atoms with van der Waals surface area (Å²) in [5.41, 5.74) is 1.25. The Morgan fingerprint density at radius 1 is 1.30 bits per heavy atom. The largest absolute Gasteiger partial charge is 0.496 e. The van der Waals surface area contributed by atoms with Crippen molar-refractivity contribution in [2.45, 2.75) is 24.8 Å². The number of rotatable bonds is 7. The molecule has 5 nitrogen and oxygen atoms in total. The van der Waals surface area contributed by atoms with E-state index in [-0.39, 0.29) is 5.75 Å². The standard InChI is InChI=1S/C14H22N2O3S/c1-15-20(17,18)8-7-16-12-9-11(10-12)13-5-3-4-6-14(13)19-2/h3-6,11-12,15-16H,7-10H2,1-2H3. The zero-order chi connectivity index (χ0) is 14.6. The van der Waals surface area contributed by atoms with E-state index in [0.29, 0.717) is 18.5 Å². The Hall–Kier alpha value is -1.11. The third-order valence-corrected chi connectivity index (χ3v) is 5.20. The summed E-state index contributed by atoms with van der Waals surface area (Å²) >= 11 is 0. The van der Waals surface area contributed by atoms with Gasteiger partial charge < -0.3 is 10.1 Å². The fourth-order valence-electron chi connectivity index (χ4n) is 2.54. The number of sulfonamides is 1. The fraction of sp³-hybridized carbons (Fsp3) is 0.571. The highest BCUT2D eigenvalue weighted by Crippen LogP contribution is 2.40. The van der Waals surface area contributed by atoms with Crippen LogP contribution < -0.4 is 14.8 Å². The van der Waals surface area contributed by atoms with Gasteiger partial charge >= 0.3 is 0 Å². The Balaban J connectivity index is 1.77. The summed E-state index contributed by atoms with van der Waals surface area (Å²) in [6.45, 7) is 0.493. The van der Waals surface area contributed by atoms with Crippen molar-refractivity contribution in [1.29, 1.82) is 0 Å². The van der Waals surface area contributed by atoms with Crippen LogP contribution in [-0.4, -0.2) is 40.9 Å². The van der Waals surface area contributed by atoms with Gasteiger partial charge in [0.25, 0.3) is 0 Å². The van der Waals surface area contributed by atoms with Crippen LogP contribution in [-0.2, 0) is 10.0 Å². The van der Waals surface area contributed by atoms with Crippen molar-refractivity contribution in [2.24, 2.45) is 0 Å². The van der Waals surface area contributed by atoms with E-state index >= 15 is 0 Å². The molecule has 2 rings (SSSR count). The van der Waals surface area contributed by atoms with Gasteiger partial charge in [-0.1, -0.05) is 18.2 Å². The lowest BCUT2D eigenvalue weighted by molar-refractivity contribution is 0.288. The lowest BCUT2D eigenvalue weighted by atomic mass is 9.75. The quantitative estimate of drug-likeness (QED) is 0.790. The molecule has 1 aliphatic carbocycles. The summed E-state index contributed by atoms with van der Waals surface area (Å²) < 4.78 is 30.3. The van der Waals surface area contributed by atoms with Crippen LogP contribution in [0.5, 0.6) is 5.75 Å². The summed E-state index contributed by atoms with van der Waals surface area (Å²) in [5.74, 6) is 1.57. The molecule has 0 atom stereocenters. The Bertz CT molecular complexity index is 539. The molecule has 0 unspecified atom stereocenters. The summed E-state index contributed by atoms with van der Waals surface area (Å²) in [4.78, 5) is 0. The highest BCUT2D eigenvalue weighted by Gasteiger charge is 2.31. The van der Waals surface area contributed by atoms with Crippen molar-refractivity contribution in [3.8, 4) is 5.75 Å². The molecule has 1 fully saturated rings. The van der Waals surface area contributed by atoms with Gasteiger partial charge in [0.2, 0.25) is 10.0 Å².